The zero-order valence-corrected chi connectivity index (χ0v) is 28.0. The molecule has 3 aliphatic rings. The summed E-state index contributed by atoms with van der Waals surface area (Å²) in [4.78, 5) is 32.4. The van der Waals surface area contributed by atoms with E-state index in [0.29, 0.717) is 31.4 Å². The molecule has 3 aromatic rings. The number of piperidine rings is 1. The molecule has 46 heavy (non-hydrogen) atoms. The molecule has 0 radical (unpaired) electrons. The van der Waals surface area contributed by atoms with Crippen LogP contribution in [0, 0.1) is 5.41 Å². The zero-order valence-electron chi connectivity index (χ0n) is 28.0. The number of aromatic nitrogens is 4. The van der Waals surface area contributed by atoms with Crippen molar-refractivity contribution in [2.75, 3.05) is 39.3 Å². The van der Waals surface area contributed by atoms with Gasteiger partial charge >= 0.3 is 5.97 Å². The van der Waals surface area contributed by atoms with Crippen molar-refractivity contribution in [3.05, 3.63) is 71.8 Å². The lowest BCUT2D eigenvalue weighted by molar-refractivity contribution is -0.143. The fourth-order valence-electron chi connectivity index (χ4n) is 8.18. The highest BCUT2D eigenvalue weighted by Crippen LogP contribution is 2.41. The molecule has 3 fully saturated rings. The maximum absolute atomic E-state index is 11.9. The quantitative estimate of drug-likeness (QED) is 0.212. The maximum Gasteiger partial charge on any atom is 0.306 e. The van der Waals surface area contributed by atoms with Crippen LogP contribution in [-0.2, 0) is 42.1 Å². The number of aromatic amines is 1. The van der Waals surface area contributed by atoms with Gasteiger partial charge in [-0.15, -0.1) is 0 Å². The predicted molar refractivity (Wildman–Crippen MR) is 181 cm³/mol. The van der Waals surface area contributed by atoms with Gasteiger partial charge in [0.05, 0.1) is 19.7 Å². The Kier molecular flexibility index (Phi) is 11.6. The molecule has 2 aromatic heterocycles. The van der Waals surface area contributed by atoms with E-state index in [1.807, 2.05) is 25.5 Å². The molecule has 1 N–H and O–H groups in total. The molecule has 1 spiro atoms. The van der Waals surface area contributed by atoms with Crippen molar-refractivity contribution in [1.82, 2.24) is 34.2 Å². The van der Waals surface area contributed by atoms with Gasteiger partial charge in [0, 0.05) is 56.9 Å². The Bertz CT molecular complexity index is 1340. The van der Waals surface area contributed by atoms with Crippen LogP contribution in [0.3, 0.4) is 0 Å². The normalized spacial score (nSPS) is 19.3. The van der Waals surface area contributed by atoms with Crippen LogP contribution in [0.25, 0.3) is 0 Å². The summed E-state index contributed by atoms with van der Waals surface area (Å²) in [6.45, 7) is 11.9. The van der Waals surface area contributed by atoms with Crippen LogP contribution in [0.2, 0.25) is 0 Å². The van der Waals surface area contributed by atoms with Gasteiger partial charge in [0.25, 0.3) is 0 Å². The first kappa shape index (κ1) is 32.9. The van der Waals surface area contributed by atoms with Crippen LogP contribution in [-0.4, -0.2) is 85.6 Å². The highest BCUT2D eigenvalue weighted by Gasteiger charge is 2.41. The second-order valence-electron chi connectivity index (χ2n) is 14.1. The Morgan fingerprint density at radius 1 is 1.00 bits per heavy atom. The van der Waals surface area contributed by atoms with Crippen LogP contribution in [0.15, 0.2) is 49.1 Å². The largest absolute Gasteiger partial charge is 0.466 e. The summed E-state index contributed by atoms with van der Waals surface area (Å²) in [5.74, 6) is 1.90. The number of nitrogens with one attached hydrogen (secondary N) is 1. The molecule has 6 rings (SSSR count). The number of rotatable bonds is 15. The number of aryl methyl sites for hydroxylation is 2. The van der Waals surface area contributed by atoms with Gasteiger partial charge in [-0.2, -0.15) is 0 Å². The van der Waals surface area contributed by atoms with Crippen molar-refractivity contribution < 1.29 is 9.53 Å². The number of esters is 1. The summed E-state index contributed by atoms with van der Waals surface area (Å²) < 4.78 is 7.47. The second-order valence-corrected chi connectivity index (χ2v) is 14.1. The zero-order chi connectivity index (χ0) is 31.6. The molecular weight excluding hydrogens is 574 g/mol. The van der Waals surface area contributed by atoms with E-state index in [4.69, 9.17) is 9.72 Å². The van der Waals surface area contributed by atoms with Crippen molar-refractivity contribution in [2.24, 2.45) is 5.41 Å². The molecule has 4 heterocycles. The number of hydrogen-bond donors (Lipinski definition) is 1. The number of hydrogen-bond acceptors (Lipinski definition) is 7. The molecule has 2 aliphatic heterocycles. The Morgan fingerprint density at radius 3 is 2.63 bits per heavy atom. The van der Waals surface area contributed by atoms with E-state index in [-0.39, 0.29) is 5.97 Å². The molecule has 0 atom stereocenters. The molecule has 0 unspecified atom stereocenters. The minimum atomic E-state index is -0.140. The third kappa shape index (κ3) is 9.07. The molecule has 0 bridgehead atoms. The monoisotopic (exact) mass is 629 g/mol. The first-order valence-corrected chi connectivity index (χ1v) is 18.0. The standard InChI is InChI=1S/C37H55N7O2/c1-2-46-36(45)13-12-31-8-6-9-32(26-31)27-42(28-34-38-17-18-39-34)29-35-40-19-25-44(35)21-7-20-41-22-14-37(30-41)15-23-43(24-16-37)33-10-4-3-5-11-33/h6,8-9,17-19,25-26,33H,2-5,7,10-16,20-24,27-30H2,1H3,(H,38,39). The van der Waals surface area contributed by atoms with E-state index in [0.717, 1.165) is 49.3 Å². The predicted octanol–water partition coefficient (Wildman–Crippen LogP) is 5.82. The van der Waals surface area contributed by atoms with E-state index < -0.39 is 0 Å². The van der Waals surface area contributed by atoms with E-state index in [1.165, 1.54) is 89.7 Å². The molecular formula is C37H55N7O2. The Morgan fingerprint density at radius 2 is 1.83 bits per heavy atom. The molecule has 0 amide bonds. The second kappa shape index (κ2) is 16.2. The van der Waals surface area contributed by atoms with Crippen LogP contribution in [0.5, 0.6) is 0 Å². The van der Waals surface area contributed by atoms with Gasteiger partial charge < -0.3 is 24.1 Å². The average molecular weight is 630 g/mol. The summed E-state index contributed by atoms with van der Waals surface area (Å²) >= 11 is 0. The number of nitrogens with zero attached hydrogens (tertiary/aromatic N) is 6. The van der Waals surface area contributed by atoms with Crippen molar-refractivity contribution >= 4 is 5.97 Å². The fraction of sp³-hybridized carbons (Fsp3) is 0.649. The SMILES string of the molecule is CCOC(=O)CCc1cccc(CN(Cc2ncc[nH]2)Cc2nccn2CCCN2CCC3(CCN(C4CCCCC4)CC3)C2)c1. The highest BCUT2D eigenvalue weighted by molar-refractivity contribution is 5.69. The number of likely N-dealkylation sites (tertiary alicyclic amines) is 2. The third-order valence-electron chi connectivity index (χ3n) is 10.8. The lowest BCUT2D eigenvalue weighted by atomic mass is 9.77. The number of H-pyrrole nitrogens is 1. The number of benzene rings is 1. The average Bonchev–Trinajstić information content (AvgIpc) is 3.84. The van der Waals surface area contributed by atoms with Crippen molar-refractivity contribution in [1.29, 1.82) is 0 Å². The van der Waals surface area contributed by atoms with Crippen LogP contribution in [0.4, 0.5) is 0 Å². The molecule has 2 saturated heterocycles. The van der Waals surface area contributed by atoms with Gasteiger partial charge in [-0.1, -0.05) is 43.5 Å². The summed E-state index contributed by atoms with van der Waals surface area (Å²) in [6, 6.07) is 9.43. The molecule has 9 heteroatoms. The molecule has 1 aliphatic carbocycles. The van der Waals surface area contributed by atoms with E-state index in [2.05, 4.69) is 59.7 Å². The molecule has 250 valence electrons. The maximum atomic E-state index is 11.9. The van der Waals surface area contributed by atoms with Gasteiger partial charge in [-0.25, -0.2) is 9.97 Å². The van der Waals surface area contributed by atoms with Gasteiger partial charge in [0.2, 0.25) is 0 Å². The Labute approximate surface area is 275 Å². The van der Waals surface area contributed by atoms with Crippen LogP contribution in [0.1, 0.15) is 93.9 Å². The lowest BCUT2D eigenvalue weighted by Crippen LogP contribution is -2.46. The van der Waals surface area contributed by atoms with E-state index in [9.17, 15) is 4.79 Å². The van der Waals surface area contributed by atoms with Gasteiger partial charge in [-0.05, 0) is 94.6 Å². The van der Waals surface area contributed by atoms with Crippen molar-refractivity contribution in [3.63, 3.8) is 0 Å². The fourth-order valence-corrected chi connectivity index (χ4v) is 8.18. The van der Waals surface area contributed by atoms with E-state index in [1.54, 1.807) is 0 Å². The van der Waals surface area contributed by atoms with Crippen LogP contribution >= 0.6 is 0 Å². The van der Waals surface area contributed by atoms with Gasteiger partial charge in [-0.3, -0.25) is 9.69 Å². The van der Waals surface area contributed by atoms with E-state index >= 15 is 0 Å². The lowest BCUT2D eigenvalue weighted by Gasteiger charge is -2.44. The molecule has 1 saturated carbocycles. The number of carbonyl (C=O) groups excluding carboxylic acids is 1. The topological polar surface area (TPSA) is 82.5 Å². The smallest absolute Gasteiger partial charge is 0.306 e. The van der Waals surface area contributed by atoms with Gasteiger partial charge in [0.15, 0.2) is 0 Å². The van der Waals surface area contributed by atoms with Crippen molar-refractivity contribution in [3.8, 4) is 0 Å². The summed E-state index contributed by atoms with van der Waals surface area (Å²) in [7, 11) is 0. The highest BCUT2D eigenvalue weighted by atomic mass is 16.5. The number of imidazole rings is 2. The van der Waals surface area contributed by atoms with Crippen molar-refractivity contribution in [2.45, 2.75) is 110 Å². The van der Waals surface area contributed by atoms with Crippen LogP contribution < -0.4 is 0 Å². The molecule has 9 nitrogen and oxygen atoms in total. The summed E-state index contributed by atoms with van der Waals surface area (Å²) in [6.07, 6.45) is 21.4. The number of ether oxygens (including phenoxy) is 1. The Balaban J connectivity index is 0.996. The summed E-state index contributed by atoms with van der Waals surface area (Å²) in [5.41, 5.74) is 2.94. The molecule has 1 aromatic carbocycles. The third-order valence-corrected chi connectivity index (χ3v) is 10.8. The number of carbonyl (C=O) groups is 1. The first-order chi connectivity index (χ1) is 22.6. The first-order valence-electron chi connectivity index (χ1n) is 18.0. The minimum Gasteiger partial charge on any atom is -0.466 e. The van der Waals surface area contributed by atoms with Gasteiger partial charge in [0.1, 0.15) is 11.6 Å². The summed E-state index contributed by atoms with van der Waals surface area (Å²) in [5, 5.41) is 0. The minimum absolute atomic E-state index is 0.140. The Hall–Kier alpha value is -3.01.